The van der Waals surface area contributed by atoms with Crippen molar-refractivity contribution in [3.63, 3.8) is 0 Å². The Bertz CT molecular complexity index is 591. The first-order valence-corrected chi connectivity index (χ1v) is 7.47. The molecule has 2 N–H and O–H groups in total. The molecule has 0 aliphatic carbocycles. The summed E-state index contributed by atoms with van der Waals surface area (Å²) in [7, 11) is 0. The number of rotatable bonds is 3. The molecule has 0 unspecified atom stereocenters. The first kappa shape index (κ1) is 15.9. The minimum atomic E-state index is -0.617. The third kappa shape index (κ3) is 3.09. The molecule has 21 heavy (non-hydrogen) atoms. The van der Waals surface area contributed by atoms with Crippen LogP contribution < -0.4 is 10.6 Å². The number of aromatic nitrogens is 3. The molecule has 3 heterocycles. The number of carbonyl (C=O) groups is 1. The molecule has 0 saturated carbocycles. The van der Waals surface area contributed by atoms with E-state index in [0.717, 1.165) is 30.8 Å². The zero-order valence-corrected chi connectivity index (χ0v) is 13.3. The molecule has 0 aromatic carbocycles. The molecule has 0 bridgehead atoms. The van der Waals surface area contributed by atoms with Crippen LogP contribution in [-0.2, 0) is 10.3 Å². The van der Waals surface area contributed by atoms with Crippen LogP contribution in [0.2, 0.25) is 0 Å². The molecule has 0 spiro atoms. The summed E-state index contributed by atoms with van der Waals surface area (Å²) in [6.45, 7) is 3.59. The highest BCUT2D eigenvalue weighted by molar-refractivity contribution is 7.15. The predicted molar refractivity (Wildman–Crippen MR) is 85.0 cm³/mol. The molecule has 0 radical (unpaired) electrons. The van der Waals surface area contributed by atoms with E-state index in [1.165, 1.54) is 11.3 Å². The third-order valence-electron chi connectivity index (χ3n) is 3.64. The van der Waals surface area contributed by atoms with Gasteiger partial charge in [0.2, 0.25) is 0 Å². The lowest BCUT2D eigenvalue weighted by atomic mass is 9.87. The van der Waals surface area contributed by atoms with Crippen LogP contribution in [0.3, 0.4) is 0 Å². The number of anilines is 1. The average Bonchev–Trinajstić information content (AvgIpc) is 3.11. The van der Waals surface area contributed by atoms with Crippen LogP contribution >= 0.6 is 23.7 Å². The smallest absolute Gasteiger partial charge is 0.254 e. The Morgan fingerprint density at radius 1 is 1.48 bits per heavy atom. The van der Waals surface area contributed by atoms with Gasteiger partial charge in [-0.3, -0.25) is 14.8 Å². The fourth-order valence-electron chi connectivity index (χ4n) is 2.55. The molecule has 8 heteroatoms. The molecule has 1 saturated heterocycles. The number of amides is 1. The SMILES string of the molecule is Cc1cnc(NC(=O)C2(n3cccn3)CCNCC2)s1.Cl. The molecule has 2 aromatic rings. The first-order valence-electron chi connectivity index (χ1n) is 6.65. The van der Waals surface area contributed by atoms with E-state index in [1.54, 1.807) is 17.1 Å². The van der Waals surface area contributed by atoms with Crippen molar-refractivity contribution < 1.29 is 4.79 Å². The molecule has 0 atom stereocenters. The van der Waals surface area contributed by atoms with Gasteiger partial charge in [0.05, 0.1) is 0 Å². The second kappa shape index (κ2) is 6.55. The van der Waals surface area contributed by atoms with Crippen LogP contribution in [0.4, 0.5) is 5.13 Å². The van der Waals surface area contributed by atoms with Crippen molar-refractivity contribution in [1.82, 2.24) is 20.1 Å². The zero-order chi connectivity index (χ0) is 14.0. The molecular weight excluding hydrogens is 310 g/mol. The number of thiazole rings is 1. The van der Waals surface area contributed by atoms with Gasteiger partial charge in [0, 0.05) is 23.5 Å². The second-order valence-electron chi connectivity index (χ2n) is 4.96. The van der Waals surface area contributed by atoms with E-state index in [4.69, 9.17) is 0 Å². The maximum atomic E-state index is 12.8. The summed E-state index contributed by atoms with van der Waals surface area (Å²) in [5, 5.41) is 11.2. The molecule has 2 aromatic heterocycles. The highest BCUT2D eigenvalue weighted by Crippen LogP contribution is 2.29. The van der Waals surface area contributed by atoms with Crippen molar-refractivity contribution in [2.24, 2.45) is 0 Å². The van der Waals surface area contributed by atoms with E-state index in [1.807, 2.05) is 19.2 Å². The van der Waals surface area contributed by atoms with Crippen molar-refractivity contribution in [2.75, 3.05) is 18.4 Å². The van der Waals surface area contributed by atoms with Crippen molar-refractivity contribution in [3.05, 3.63) is 29.5 Å². The number of aryl methyl sites for hydroxylation is 1. The largest absolute Gasteiger partial charge is 0.317 e. The van der Waals surface area contributed by atoms with E-state index in [2.05, 4.69) is 20.7 Å². The Labute approximate surface area is 133 Å². The number of nitrogens with zero attached hydrogens (tertiary/aromatic N) is 3. The molecule has 1 fully saturated rings. The Morgan fingerprint density at radius 3 is 2.81 bits per heavy atom. The molecular formula is C13H18ClN5OS. The predicted octanol–water partition coefficient (Wildman–Crippen LogP) is 1.79. The Hall–Kier alpha value is -1.44. The molecule has 114 valence electrons. The number of piperidine rings is 1. The van der Waals surface area contributed by atoms with Crippen molar-refractivity contribution in [1.29, 1.82) is 0 Å². The van der Waals surface area contributed by atoms with Crippen molar-refractivity contribution in [2.45, 2.75) is 25.3 Å². The number of carbonyl (C=O) groups excluding carboxylic acids is 1. The average molecular weight is 328 g/mol. The van der Waals surface area contributed by atoms with Crippen LogP contribution in [0, 0.1) is 6.92 Å². The summed E-state index contributed by atoms with van der Waals surface area (Å²) < 4.78 is 1.78. The topological polar surface area (TPSA) is 71.8 Å². The monoisotopic (exact) mass is 327 g/mol. The van der Waals surface area contributed by atoms with Gasteiger partial charge in [-0.15, -0.1) is 23.7 Å². The normalized spacial score (nSPS) is 17.0. The van der Waals surface area contributed by atoms with Gasteiger partial charge in [0.25, 0.3) is 5.91 Å². The molecule has 1 aliphatic rings. The van der Waals surface area contributed by atoms with Crippen molar-refractivity contribution >= 4 is 34.8 Å². The van der Waals surface area contributed by atoms with Crippen LogP contribution in [-0.4, -0.2) is 33.8 Å². The van der Waals surface area contributed by atoms with Gasteiger partial charge in [-0.25, -0.2) is 4.98 Å². The highest BCUT2D eigenvalue weighted by atomic mass is 35.5. The van der Waals surface area contributed by atoms with E-state index >= 15 is 0 Å². The minimum absolute atomic E-state index is 0. The van der Waals surface area contributed by atoms with E-state index in [-0.39, 0.29) is 18.3 Å². The van der Waals surface area contributed by atoms with E-state index in [9.17, 15) is 4.79 Å². The van der Waals surface area contributed by atoms with Gasteiger partial charge in [0.15, 0.2) is 5.13 Å². The van der Waals surface area contributed by atoms with E-state index in [0.29, 0.717) is 5.13 Å². The van der Waals surface area contributed by atoms with Crippen LogP contribution in [0.15, 0.2) is 24.7 Å². The first-order chi connectivity index (χ1) is 9.71. The van der Waals surface area contributed by atoms with Crippen LogP contribution in [0.5, 0.6) is 0 Å². The number of nitrogens with one attached hydrogen (secondary N) is 2. The minimum Gasteiger partial charge on any atom is -0.317 e. The summed E-state index contributed by atoms with van der Waals surface area (Å²) in [6.07, 6.45) is 6.79. The van der Waals surface area contributed by atoms with Crippen molar-refractivity contribution in [3.8, 4) is 0 Å². The second-order valence-corrected chi connectivity index (χ2v) is 6.20. The maximum Gasteiger partial charge on any atom is 0.254 e. The molecule has 1 amide bonds. The standard InChI is InChI=1S/C13H17N5OS.ClH/c1-10-9-15-12(20-10)17-11(19)13(3-6-14-7-4-13)18-8-2-5-16-18;/h2,5,8-9,14H,3-4,6-7H2,1H3,(H,15,17,19);1H. The summed E-state index contributed by atoms with van der Waals surface area (Å²) in [5.74, 6) is -0.0305. The quantitative estimate of drug-likeness (QED) is 0.901. The fraction of sp³-hybridized carbons (Fsp3) is 0.462. The summed E-state index contributed by atoms with van der Waals surface area (Å²) in [6, 6.07) is 1.85. The number of hydrogen-bond acceptors (Lipinski definition) is 5. The van der Waals surface area contributed by atoms with Gasteiger partial charge in [-0.1, -0.05) is 0 Å². The Morgan fingerprint density at radius 2 is 2.24 bits per heavy atom. The third-order valence-corrected chi connectivity index (χ3v) is 4.47. The van der Waals surface area contributed by atoms with Crippen LogP contribution in [0.1, 0.15) is 17.7 Å². The summed E-state index contributed by atoms with van der Waals surface area (Å²) >= 11 is 1.49. The Kier molecular flexibility index (Phi) is 4.97. The number of halogens is 1. The fourth-order valence-corrected chi connectivity index (χ4v) is 3.21. The van der Waals surface area contributed by atoms with E-state index < -0.39 is 5.54 Å². The molecule has 6 nitrogen and oxygen atoms in total. The zero-order valence-electron chi connectivity index (χ0n) is 11.7. The highest BCUT2D eigenvalue weighted by Gasteiger charge is 2.42. The van der Waals surface area contributed by atoms with Crippen LogP contribution in [0.25, 0.3) is 0 Å². The summed E-state index contributed by atoms with van der Waals surface area (Å²) in [4.78, 5) is 18.1. The van der Waals surface area contributed by atoms with Gasteiger partial charge in [-0.2, -0.15) is 5.10 Å². The lowest BCUT2D eigenvalue weighted by Gasteiger charge is -2.36. The lowest BCUT2D eigenvalue weighted by Crippen LogP contribution is -2.52. The molecule has 1 aliphatic heterocycles. The van der Waals surface area contributed by atoms with Gasteiger partial charge in [0.1, 0.15) is 5.54 Å². The lowest BCUT2D eigenvalue weighted by molar-refractivity contribution is -0.126. The van der Waals surface area contributed by atoms with Gasteiger partial charge in [-0.05, 0) is 38.9 Å². The Balaban J connectivity index is 0.00000161. The molecule has 3 rings (SSSR count). The van der Waals surface area contributed by atoms with Gasteiger partial charge < -0.3 is 5.32 Å². The maximum absolute atomic E-state index is 12.8. The number of hydrogen-bond donors (Lipinski definition) is 2. The van der Waals surface area contributed by atoms with Gasteiger partial charge >= 0.3 is 0 Å². The summed E-state index contributed by atoms with van der Waals surface area (Å²) in [5.41, 5.74) is -0.617.